The van der Waals surface area contributed by atoms with Gasteiger partial charge in [0.1, 0.15) is 10.9 Å². The predicted molar refractivity (Wildman–Crippen MR) is 53.0 cm³/mol. The van der Waals surface area contributed by atoms with Gasteiger partial charge in [-0.05, 0) is 19.8 Å². The predicted octanol–water partition coefficient (Wildman–Crippen LogP) is 1.92. The van der Waals surface area contributed by atoms with Crippen LogP contribution in [0.1, 0.15) is 23.4 Å². The van der Waals surface area contributed by atoms with Crippen molar-refractivity contribution >= 4 is 16.5 Å². The van der Waals surface area contributed by atoms with Crippen LogP contribution in [0.3, 0.4) is 0 Å². The third-order valence-corrected chi connectivity index (χ3v) is 3.39. The third-order valence-electron chi connectivity index (χ3n) is 2.26. The second-order valence-electron chi connectivity index (χ2n) is 3.22. The van der Waals surface area contributed by atoms with Gasteiger partial charge in [-0.15, -0.1) is 0 Å². The van der Waals surface area contributed by atoms with Gasteiger partial charge in [0.2, 0.25) is 0 Å². The Kier molecular flexibility index (Phi) is 2.19. The first-order valence-corrected chi connectivity index (χ1v) is 5.25. The van der Waals surface area contributed by atoms with Gasteiger partial charge < -0.3 is 4.90 Å². The van der Waals surface area contributed by atoms with Crippen LogP contribution in [-0.2, 0) is 0 Å². The molecule has 0 aromatic carbocycles. The maximum absolute atomic E-state index is 8.78. The van der Waals surface area contributed by atoms with Crippen molar-refractivity contribution in [2.24, 2.45) is 0 Å². The average Bonchev–Trinajstić information content (AvgIpc) is 2.71. The normalized spacial score (nSPS) is 16.2. The molecule has 13 heavy (non-hydrogen) atoms. The quantitative estimate of drug-likeness (QED) is 0.684. The smallest absolute Gasteiger partial charge is 0.186 e. The van der Waals surface area contributed by atoms with E-state index in [4.69, 9.17) is 5.26 Å². The van der Waals surface area contributed by atoms with Crippen molar-refractivity contribution in [1.82, 2.24) is 4.98 Å². The van der Waals surface area contributed by atoms with Crippen LogP contribution in [0.4, 0.5) is 5.13 Å². The van der Waals surface area contributed by atoms with Crippen molar-refractivity contribution < 1.29 is 0 Å². The van der Waals surface area contributed by atoms with Crippen molar-refractivity contribution in [2.75, 3.05) is 18.0 Å². The first-order chi connectivity index (χ1) is 6.31. The van der Waals surface area contributed by atoms with Gasteiger partial charge in [0.25, 0.3) is 0 Å². The zero-order valence-corrected chi connectivity index (χ0v) is 8.39. The molecule has 0 radical (unpaired) electrons. The van der Waals surface area contributed by atoms with Crippen molar-refractivity contribution in [2.45, 2.75) is 19.8 Å². The Morgan fingerprint density at radius 1 is 1.46 bits per heavy atom. The molecule has 1 aliphatic heterocycles. The zero-order valence-electron chi connectivity index (χ0n) is 7.58. The van der Waals surface area contributed by atoms with E-state index in [9.17, 15) is 0 Å². The summed E-state index contributed by atoms with van der Waals surface area (Å²) in [4.78, 5) is 7.40. The molecule has 0 unspecified atom stereocenters. The van der Waals surface area contributed by atoms with Gasteiger partial charge in [-0.2, -0.15) is 5.26 Å². The highest BCUT2D eigenvalue weighted by molar-refractivity contribution is 7.16. The summed E-state index contributed by atoms with van der Waals surface area (Å²) in [6.07, 6.45) is 2.50. The maximum atomic E-state index is 8.78. The standard InChI is InChI=1S/C9H11N3S/c1-7-8(6-10)13-9(11-7)12-4-2-3-5-12/h2-5H2,1H3. The first-order valence-electron chi connectivity index (χ1n) is 4.44. The lowest BCUT2D eigenvalue weighted by Crippen LogP contribution is -2.17. The number of aryl methyl sites for hydroxylation is 1. The van der Waals surface area contributed by atoms with Gasteiger partial charge in [0.05, 0.1) is 5.69 Å². The Labute approximate surface area is 81.6 Å². The van der Waals surface area contributed by atoms with E-state index in [1.807, 2.05) is 6.92 Å². The molecular weight excluding hydrogens is 182 g/mol. The van der Waals surface area contributed by atoms with Crippen molar-refractivity contribution in [1.29, 1.82) is 5.26 Å². The molecule has 0 aliphatic carbocycles. The number of hydrogen-bond donors (Lipinski definition) is 0. The van der Waals surface area contributed by atoms with Crippen molar-refractivity contribution in [3.05, 3.63) is 10.6 Å². The Morgan fingerprint density at radius 3 is 2.69 bits per heavy atom. The minimum absolute atomic E-state index is 0.752. The number of nitriles is 1. The summed E-state index contributed by atoms with van der Waals surface area (Å²) < 4.78 is 0. The topological polar surface area (TPSA) is 39.9 Å². The van der Waals surface area contributed by atoms with Gasteiger partial charge in [0.15, 0.2) is 5.13 Å². The fourth-order valence-electron chi connectivity index (χ4n) is 1.53. The van der Waals surface area contributed by atoms with Gasteiger partial charge in [-0.1, -0.05) is 11.3 Å². The van der Waals surface area contributed by atoms with E-state index >= 15 is 0 Å². The van der Waals surface area contributed by atoms with E-state index in [1.54, 1.807) is 0 Å². The molecule has 1 saturated heterocycles. The number of anilines is 1. The van der Waals surface area contributed by atoms with Crippen molar-refractivity contribution in [3.63, 3.8) is 0 Å². The molecule has 0 spiro atoms. The molecule has 0 N–H and O–H groups in total. The molecule has 0 bridgehead atoms. The summed E-state index contributed by atoms with van der Waals surface area (Å²) in [6, 6.07) is 2.17. The minimum atomic E-state index is 0.752. The lowest BCUT2D eigenvalue weighted by atomic mass is 10.4. The SMILES string of the molecule is Cc1nc(N2CCCC2)sc1C#N. The Hall–Kier alpha value is -1.08. The number of hydrogen-bond acceptors (Lipinski definition) is 4. The molecule has 0 saturated carbocycles. The summed E-state index contributed by atoms with van der Waals surface area (Å²) in [5, 5.41) is 9.80. The van der Waals surface area contributed by atoms with Crippen LogP contribution in [0.5, 0.6) is 0 Å². The van der Waals surface area contributed by atoms with Crippen LogP contribution < -0.4 is 4.90 Å². The van der Waals surface area contributed by atoms with E-state index in [2.05, 4.69) is 16.0 Å². The molecule has 2 rings (SSSR count). The minimum Gasteiger partial charge on any atom is -0.348 e. The van der Waals surface area contributed by atoms with Crippen LogP contribution in [-0.4, -0.2) is 18.1 Å². The van der Waals surface area contributed by atoms with Crippen molar-refractivity contribution in [3.8, 4) is 6.07 Å². The van der Waals surface area contributed by atoms with Crippen LogP contribution in [0.25, 0.3) is 0 Å². The Morgan fingerprint density at radius 2 is 2.15 bits per heavy atom. The number of aromatic nitrogens is 1. The van der Waals surface area contributed by atoms with E-state index in [1.165, 1.54) is 24.2 Å². The van der Waals surface area contributed by atoms with Crippen LogP contribution in [0.15, 0.2) is 0 Å². The fraction of sp³-hybridized carbons (Fsp3) is 0.556. The molecular formula is C9H11N3S. The van der Waals surface area contributed by atoms with E-state index < -0.39 is 0 Å². The number of nitrogens with zero attached hydrogens (tertiary/aromatic N) is 3. The molecule has 1 aliphatic rings. The van der Waals surface area contributed by atoms with Gasteiger partial charge in [0, 0.05) is 13.1 Å². The van der Waals surface area contributed by atoms with Gasteiger partial charge in [-0.3, -0.25) is 0 Å². The molecule has 0 atom stereocenters. The van der Waals surface area contributed by atoms with Crippen LogP contribution in [0.2, 0.25) is 0 Å². The lowest BCUT2D eigenvalue weighted by Gasteiger charge is -2.11. The Bertz CT molecular complexity index is 344. The second kappa shape index (κ2) is 3.35. The lowest BCUT2D eigenvalue weighted by molar-refractivity contribution is 0.949. The molecule has 1 aromatic heterocycles. The highest BCUT2D eigenvalue weighted by Gasteiger charge is 2.17. The highest BCUT2D eigenvalue weighted by atomic mass is 32.1. The number of thiazole rings is 1. The summed E-state index contributed by atoms with van der Waals surface area (Å²) in [5.41, 5.74) is 0.870. The van der Waals surface area contributed by atoms with Gasteiger partial charge >= 0.3 is 0 Å². The number of rotatable bonds is 1. The fourth-order valence-corrected chi connectivity index (χ4v) is 2.45. The summed E-state index contributed by atoms with van der Waals surface area (Å²) in [5.74, 6) is 0. The molecule has 68 valence electrons. The van der Waals surface area contributed by atoms with Crippen LogP contribution in [0, 0.1) is 18.3 Å². The zero-order chi connectivity index (χ0) is 9.26. The summed E-state index contributed by atoms with van der Waals surface area (Å²) >= 11 is 1.51. The first kappa shape index (κ1) is 8.52. The monoisotopic (exact) mass is 193 g/mol. The summed E-state index contributed by atoms with van der Waals surface area (Å²) in [7, 11) is 0. The molecule has 4 heteroatoms. The second-order valence-corrected chi connectivity index (χ2v) is 4.19. The third kappa shape index (κ3) is 1.52. The van der Waals surface area contributed by atoms with Gasteiger partial charge in [-0.25, -0.2) is 4.98 Å². The summed E-state index contributed by atoms with van der Waals surface area (Å²) in [6.45, 7) is 4.09. The van der Waals surface area contributed by atoms with E-state index in [0.717, 1.165) is 28.8 Å². The molecule has 1 aromatic rings. The molecule has 0 amide bonds. The molecule has 2 heterocycles. The largest absolute Gasteiger partial charge is 0.348 e. The van der Waals surface area contributed by atoms with E-state index in [0.29, 0.717) is 0 Å². The molecule has 1 fully saturated rings. The van der Waals surface area contributed by atoms with E-state index in [-0.39, 0.29) is 0 Å². The Balaban J connectivity index is 2.26. The maximum Gasteiger partial charge on any atom is 0.186 e. The average molecular weight is 193 g/mol. The highest BCUT2D eigenvalue weighted by Crippen LogP contribution is 2.27. The van der Waals surface area contributed by atoms with Crippen LogP contribution >= 0.6 is 11.3 Å². The molecule has 3 nitrogen and oxygen atoms in total.